The highest BCUT2D eigenvalue weighted by Gasteiger charge is 2.15. The first-order valence-electron chi connectivity index (χ1n) is 9.33. The lowest BCUT2D eigenvalue weighted by Gasteiger charge is -2.20. The summed E-state index contributed by atoms with van der Waals surface area (Å²) in [6, 6.07) is 13.7. The van der Waals surface area contributed by atoms with E-state index < -0.39 is 0 Å². The normalized spacial score (nSPS) is 10.8. The summed E-state index contributed by atoms with van der Waals surface area (Å²) in [5, 5.41) is 8.68. The van der Waals surface area contributed by atoms with Crippen LogP contribution >= 0.6 is 0 Å². The molecule has 0 aliphatic rings. The van der Waals surface area contributed by atoms with Gasteiger partial charge in [0.25, 0.3) is 11.8 Å². The summed E-state index contributed by atoms with van der Waals surface area (Å²) in [5.41, 5.74) is 2.15. The van der Waals surface area contributed by atoms with Gasteiger partial charge in [0.1, 0.15) is 0 Å². The van der Waals surface area contributed by atoms with Gasteiger partial charge in [-0.25, -0.2) is 0 Å². The van der Waals surface area contributed by atoms with Crippen LogP contribution in [0.4, 0.5) is 11.4 Å². The minimum Gasteiger partial charge on any atom is -0.376 e. The maximum atomic E-state index is 12.1. The molecule has 29 heavy (non-hydrogen) atoms. The van der Waals surface area contributed by atoms with Crippen LogP contribution < -0.4 is 16.0 Å². The van der Waals surface area contributed by atoms with Crippen LogP contribution in [0, 0.1) is 0 Å². The second kappa shape index (κ2) is 9.23. The third-order valence-corrected chi connectivity index (χ3v) is 3.91. The predicted octanol–water partition coefficient (Wildman–Crippen LogP) is 2.97. The first kappa shape index (κ1) is 21.9. The molecule has 0 aliphatic carbocycles. The molecule has 0 radical (unpaired) electrons. The Hall–Kier alpha value is -3.35. The lowest BCUT2D eigenvalue weighted by molar-refractivity contribution is -0.114. The fourth-order valence-electron chi connectivity index (χ4n) is 2.49. The van der Waals surface area contributed by atoms with E-state index in [0.29, 0.717) is 16.8 Å². The summed E-state index contributed by atoms with van der Waals surface area (Å²) < 4.78 is 0. The number of carbonyl (C=O) groups excluding carboxylic acids is 3. The van der Waals surface area contributed by atoms with E-state index in [-0.39, 0.29) is 29.8 Å². The largest absolute Gasteiger partial charge is 0.376 e. The third kappa shape index (κ3) is 6.95. The molecule has 3 N–H and O–H groups in total. The maximum Gasteiger partial charge on any atom is 0.253 e. The Morgan fingerprint density at radius 1 is 0.828 bits per heavy atom. The van der Waals surface area contributed by atoms with Crippen molar-refractivity contribution in [2.75, 3.05) is 31.3 Å². The van der Waals surface area contributed by atoms with Crippen molar-refractivity contribution in [3.8, 4) is 0 Å². The molecule has 0 aromatic heterocycles. The van der Waals surface area contributed by atoms with Gasteiger partial charge in [0.2, 0.25) is 5.91 Å². The van der Waals surface area contributed by atoms with E-state index >= 15 is 0 Å². The van der Waals surface area contributed by atoms with E-state index in [9.17, 15) is 14.4 Å². The summed E-state index contributed by atoms with van der Waals surface area (Å²) in [7, 11) is 3.39. The van der Waals surface area contributed by atoms with Gasteiger partial charge in [0.15, 0.2) is 0 Å². The maximum absolute atomic E-state index is 12.1. The SMILES string of the molecule is CN(C)C(=O)c1ccc(NCC(=O)Nc2ccc(C(=O)NC(C)(C)C)cc2)cc1. The fraction of sp³-hybridized carbons (Fsp3) is 0.318. The molecular weight excluding hydrogens is 368 g/mol. The smallest absolute Gasteiger partial charge is 0.253 e. The van der Waals surface area contributed by atoms with Gasteiger partial charge in [0, 0.05) is 42.1 Å². The van der Waals surface area contributed by atoms with Crippen LogP contribution in [0.15, 0.2) is 48.5 Å². The molecule has 0 saturated heterocycles. The van der Waals surface area contributed by atoms with Crippen LogP contribution in [0.3, 0.4) is 0 Å². The van der Waals surface area contributed by atoms with Crippen molar-refractivity contribution in [1.82, 2.24) is 10.2 Å². The molecule has 154 valence electrons. The van der Waals surface area contributed by atoms with Crippen molar-refractivity contribution in [2.45, 2.75) is 26.3 Å². The van der Waals surface area contributed by atoms with Crippen molar-refractivity contribution in [2.24, 2.45) is 0 Å². The molecule has 2 aromatic carbocycles. The molecule has 0 atom stereocenters. The molecule has 2 rings (SSSR count). The zero-order chi connectivity index (χ0) is 21.6. The molecule has 0 spiro atoms. The Bertz CT molecular complexity index is 866. The highest BCUT2D eigenvalue weighted by atomic mass is 16.2. The Morgan fingerprint density at radius 2 is 1.34 bits per heavy atom. The molecule has 0 unspecified atom stereocenters. The van der Waals surface area contributed by atoms with Gasteiger partial charge in [-0.05, 0) is 69.3 Å². The van der Waals surface area contributed by atoms with Gasteiger partial charge in [-0.15, -0.1) is 0 Å². The lowest BCUT2D eigenvalue weighted by atomic mass is 10.1. The Kier molecular flexibility index (Phi) is 6.98. The average molecular weight is 396 g/mol. The van der Waals surface area contributed by atoms with Gasteiger partial charge < -0.3 is 20.9 Å². The highest BCUT2D eigenvalue weighted by molar-refractivity contribution is 5.97. The molecular formula is C22H28N4O3. The van der Waals surface area contributed by atoms with Crippen LogP contribution in [-0.4, -0.2) is 48.8 Å². The van der Waals surface area contributed by atoms with Crippen LogP contribution in [0.5, 0.6) is 0 Å². The molecule has 0 fully saturated rings. The quantitative estimate of drug-likeness (QED) is 0.700. The lowest BCUT2D eigenvalue weighted by Crippen LogP contribution is -2.40. The van der Waals surface area contributed by atoms with Crippen molar-refractivity contribution < 1.29 is 14.4 Å². The van der Waals surface area contributed by atoms with Gasteiger partial charge in [-0.2, -0.15) is 0 Å². The summed E-state index contributed by atoms with van der Waals surface area (Å²) in [5.74, 6) is -0.451. The zero-order valence-corrected chi connectivity index (χ0v) is 17.5. The summed E-state index contributed by atoms with van der Waals surface area (Å²) in [6.07, 6.45) is 0. The van der Waals surface area contributed by atoms with Crippen molar-refractivity contribution in [1.29, 1.82) is 0 Å². The van der Waals surface area contributed by atoms with Gasteiger partial charge in [-0.3, -0.25) is 14.4 Å². The van der Waals surface area contributed by atoms with Crippen LogP contribution in [0.2, 0.25) is 0 Å². The molecule has 0 bridgehead atoms. The van der Waals surface area contributed by atoms with Crippen LogP contribution in [0.25, 0.3) is 0 Å². The first-order chi connectivity index (χ1) is 13.5. The second-order valence-electron chi connectivity index (χ2n) is 7.96. The predicted molar refractivity (Wildman–Crippen MR) is 115 cm³/mol. The standard InChI is InChI=1S/C22H28N4O3/c1-22(2,3)25-20(28)15-6-12-18(13-7-15)24-19(27)14-23-17-10-8-16(9-11-17)21(29)26(4)5/h6-13,23H,14H2,1-5H3,(H,24,27)(H,25,28). The van der Waals surface area contributed by atoms with E-state index in [1.165, 1.54) is 4.90 Å². The Labute approximate surface area is 171 Å². The molecule has 0 heterocycles. The van der Waals surface area contributed by atoms with E-state index in [1.807, 2.05) is 20.8 Å². The van der Waals surface area contributed by atoms with Gasteiger partial charge in [-0.1, -0.05) is 0 Å². The minimum atomic E-state index is -0.312. The number of carbonyl (C=O) groups is 3. The Balaban J connectivity index is 1.86. The highest BCUT2D eigenvalue weighted by Crippen LogP contribution is 2.13. The van der Waals surface area contributed by atoms with Crippen molar-refractivity contribution >= 4 is 29.1 Å². The number of benzene rings is 2. The number of nitrogens with one attached hydrogen (secondary N) is 3. The van der Waals surface area contributed by atoms with E-state index in [2.05, 4.69) is 16.0 Å². The topological polar surface area (TPSA) is 90.5 Å². The van der Waals surface area contributed by atoms with Crippen molar-refractivity contribution in [3.05, 3.63) is 59.7 Å². The molecule has 0 saturated carbocycles. The fourth-order valence-corrected chi connectivity index (χ4v) is 2.49. The summed E-state index contributed by atoms with van der Waals surface area (Å²) in [4.78, 5) is 37.7. The third-order valence-electron chi connectivity index (χ3n) is 3.91. The number of anilines is 2. The number of rotatable bonds is 6. The number of hydrogen-bond donors (Lipinski definition) is 3. The van der Waals surface area contributed by atoms with Crippen LogP contribution in [0.1, 0.15) is 41.5 Å². The van der Waals surface area contributed by atoms with Gasteiger partial charge >= 0.3 is 0 Å². The second-order valence-corrected chi connectivity index (χ2v) is 7.96. The van der Waals surface area contributed by atoms with Crippen molar-refractivity contribution in [3.63, 3.8) is 0 Å². The number of nitrogens with zero attached hydrogens (tertiary/aromatic N) is 1. The Morgan fingerprint density at radius 3 is 1.86 bits per heavy atom. The molecule has 3 amide bonds. The molecule has 2 aromatic rings. The monoisotopic (exact) mass is 396 g/mol. The molecule has 0 aliphatic heterocycles. The van der Waals surface area contributed by atoms with E-state index in [0.717, 1.165) is 5.69 Å². The van der Waals surface area contributed by atoms with Gasteiger partial charge in [0.05, 0.1) is 6.54 Å². The molecule has 7 heteroatoms. The van der Waals surface area contributed by atoms with Crippen LogP contribution in [-0.2, 0) is 4.79 Å². The summed E-state index contributed by atoms with van der Waals surface area (Å²) >= 11 is 0. The molecule has 7 nitrogen and oxygen atoms in total. The van der Waals surface area contributed by atoms with E-state index in [4.69, 9.17) is 0 Å². The number of amides is 3. The summed E-state index contributed by atoms with van der Waals surface area (Å²) in [6.45, 7) is 5.83. The zero-order valence-electron chi connectivity index (χ0n) is 17.5. The van der Waals surface area contributed by atoms with E-state index in [1.54, 1.807) is 62.6 Å². The number of hydrogen-bond acceptors (Lipinski definition) is 4. The first-order valence-corrected chi connectivity index (χ1v) is 9.33. The average Bonchev–Trinajstić information content (AvgIpc) is 2.65. The minimum absolute atomic E-state index is 0.0751.